The highest BCUT2D eigenvalue weighted by Gasteiger charge is 2.54. The quantitative estimate of drug-likeness (QED) is 0.269. The first kappa shape index (κ1) is 28.1. The summed E-state index contributed by atoms with van der Waals surface area (Å²) in [6.45, 7) is 18.6. The number of carbonyl (C=O) groups is 2. The zero-order chi connectivity index (χ0) is 27.7. The average Bonchev–Trinajstić information content (AvgIpc) is 2.89. The molecule has 3 aliphatic heterocycles. The molecule has 3 aliphatic rings. The van der Waals surface area contributed by atoms with Crippen LogP contribution in [0.2, 0.25) is 0 Å². The molecule has 1 N–H and O–H groups in total. The predicted molar refractivity (Wildman–Crippen MR) is 149 cm³/mol. The Morgan fingerprint density at radius 2 is 1.97 bits per heavy atom. The highest BCUT2D eigenvalue weighted by molar-refractivity contribution is 5.84. The second-order valence-corrected chi connectivity index (χ2v) is 12.3. The number of amides is 1. The summed E-state index contributed by atoms with van der Waals surface area (Å²) in [5.41, 5.74) is 1.19. The Hall–Kier alpha value is -2.93. The van der Waals surface area contributed by atoms with Gasteiger partial charge in [-0.15, -0.1) is 6.58 Å². The summed E-state index contributed by atoms with van der Waals surface area (Å²) < 4.78 is 12.9. The zero-order valence-electron chi connectivity index (χ0n) is 23.8. The summed E-state index contributed by atoms with van der Waals surface area (Å²) in [6.07, 6.45) is 4.95. The number of hydrogen-bond acceptors (Lipinski definition) is 5. The average molecular weight is 523 g/mol. The number of nitrogens with one attached hydrogen (secondary N) is 1. The molecule has 3 saturated heterocycles. The van der Waals surface area contributed by atoms with E-state index in [-0.39, 0.29) is 12.0 Å². The van der Waals surface area contributed by atoms with E-state index in [2.05, 4.69) is 35.9 Å². The Balaban J connectivity index is 1.72. The molecule has 7 heteroatoms. The summed E-state index contributed by atoms with van der Waals surface area (Å²) in [5.74, 6) is 0.392. The number of fused-ring (bicyclic) bond motifs is 4. The number of piperidine rings is 3. The number of likely N-dealkylation sites (N-methyl/N-ethyl adjacent to an activating group) is 1. The molecule has 1 aromatic carbocycles. The predicted octanol–water partition coefficient (Wildman–Crippen LogP) is 5.80. The fourth-order valence-electron chi connectivity index (χ4n) is 6.47. The molecule has 0 saturated carbocycles. The smallest absolute Gasteiger partial charge is 0.408 e. The Morgan fingerprint density at radius 3 is 2.63 bits per heavy atom. The van der Waals surface area contributed by atoms with Crippen molar-refractivity contribution in [2.24, 2.45) is 17.8 Å². The molecule has 0 radical (unpaired) electrons. The summed E-state index contributed by atoms with van der Waals surface area (Å²) in [7, 11) is 0. The molecule has 7 nitrogen and oxygen atoms in total. The van der Waals surface area contributed by atoms with Crippen molar-refractivity contribution in [3.63, 3.8) is 0 Å². The number of hydrogen-bond donors (Lipinski definition) is 1. The Kier molecular flexibility index (Phi) is 8.17. The third kappa shape index (κ3) is 5.73. The van der Waals surface area contributed by atoms with E-state index in [0.717, 1.165) is 53.4 Å². The minimum Gasteiger partial charge on any atom is -0.450 e. The molecule has 38 heavy (non-hydrogen) atoms. The van der Waals surface area contributed by atoms with Gasteiger partial charge in [-0.05, 0) is 51.7 Å². The maximum Gasteiger partial charge on any atom is 0.408 e. The van der Waals surface area contributed by atoms with Gasteiger partial charge in [0.1, 0.15) is 17.7 Å². The van der Waals surface area contributed by atoms with Crippen LogP contribution in [-0.2, 0) is 14.3 Å². The van der Waals surface area contributed by atoms with Crippen molar-refractivity contribution in [3.8, 4) is 0 Å². The van der Waals surface area contributed by atoms with Crippen LogP contribution in [-0.4, -0.2) is 58.8 Å². The van der Waals surface area contributed by atoms with Gasteiger partial charge in [-0.3, -0.25) is 4.98 Å². The normalized spacial score (nSPS) is 26.6. The van der Waals surface area contributed by atoms with Crippen LogP contribution >= 0.6 is 0 Å². The maximum atomic E-state index is 13.8. The van der Waals surface area contributed by atoms with E-state index >= 15 is 0 Å². The van der Waals surface area contributed by atoms with Crippen molar-refractivity contribution in [1.82, 2.24) is 10.3 Å². The lowest BCUT2D eigenvalue weighted by Gasteiger charge is -2.58. The number of rotatable bonds is 8. The van der Waals surface area contributed by atoms with Gasteiger partial charge in [-0.25, -0.2) is 9.59 Å². The topological polar surface area (TPSA) is 77.5 Å². The summed E-state index contributed by atoms with van der Waals surface area (Å²) in [5, 5.41) is 3.77. The molecule has 0 aliphatic carbocycles. The first-order valence-corrected chi connectivity index (χ1v) is 14.0. The molecular weight excluding hydrogens is 478 g/mol. The lowest BCUT2D eigenvalue weighted by Crippen LogP contribution is -2.68. The molecule has 2 aromatic rings. The number of carbonyl (C=O) groups excluding carboxylic acids is 2. The van der Waals surface area contributed by atoms with Crippen molar-refractivity contribution in [2.75, 3.05) is 19.6 Å². The fourth-order valence-corrected chi connectivity index (χ4v) is 6.47. The highest BCUT2D eigenvalue weighted by Crippen LogP contribution is 2.48. The van der Waals surface area contributed by atoms with Crippen molar-refractivity contribution >= 4 is 23.0 Å². The van der Waals surface area contributed by atoms with Crippen LogP contribution in [0.3, 0.4) is 0 Å². The van der Waals surface area contributed by atoms with Gasteiger partial charge in [0, 0.05) is 35.9 Å². The second kappa shape index (κ2) is 11.0. The van der Waals surface area contributed by atoms with Crippen LogP contribution in [0.5, 0.6) is 0 Å². The number of ether oxygens (including phenoxy) is 2. The van der Waals surface area contributed by atoms with Gasteiger partial charge in [-0.2, -0.15) is 0 Å². The Labute approximate surface area is 227 Å². The molecular formula is C31H44N3O4+. The standard InChI is InChI=1S/C31H43N3O4/c1-8-21-19-34(9-2)17-15-22(21)18-26(34)28(24-14-16-32-25-13-11-10-12-23(24)25)37-29(35)27(20(3)4)33-30(36)38-31(5,6)7/h8,10-14,16,20-22,26-28H,1,9,15,17-19H2,2-7H3/p+1/t21?,22?,26?,27-,28?,34?/m1/s1. The zero-order valence-corrected chi connectivity index (χ0v) is 23.8. The van der Waals surface area contributed by atoms with E-state index in [4.69, 9.17) is 9.47 Å². The number of esters is 1. The van der Waals surface area contributed by atoms with Crippen molar-refractivity contribution in [2.45, 2.75) is 78.2 Å². The van der Waals surface area contributed by atoms with E-state index in [1.54, 1.807) is 27.0 Å². The fraction of sp³-hybridized carbons (Fsp3) is 0.581. The highest BCUT2D eigenvalue weighted by atomic mass is 16.6. The lowest BCUT2D eigenvalue weighted by molar-refractivity contribution is -0.971. The first-order valence-electron chi connectivity index (χ1n) is 14.0. The third-order valence-corrected chi connectivity index (χ3v) is 8.48. The Bertz CT molecular complexity index is 1170. The van der Waals surface area contributed by atoms with Gasteiger partial charge in [0.15, 0.2) is 6.10 Å². The van der Waals surface area contributed by atoms with Crippen LogP contribution in [0.15, 0.2) is 49.2 Å². The third-order valence-electron chi connectivity index (χ3n) is 8.48. The van der Waals surface area contributed by atoms with Gasteiger partial charge in [0.05, 0.1) is 25.2 Å². The van der Waals surface area contributed by atoms with Crippen LogP contribution in [0, 0.1) is 17.8 Å². The van der Waals surface area contributed by atoms with Crippen molar-refractivity contribution < 1.29 is 23.5 Å². The largest absolute Gasteiger partial charge is 0.450 e. The van der Waals surface area contributed by atoms with E-state index < -0.39 is 29.8 Å². The molecule has 1 amide bonds. The van der Waals surface area contributed by atoms with Gasteiger partial charge < -0.3 is 19.3 Å². The van der Waals surface area contributed by atoms with Crippen LogP contribution in [0.25, 0.3) is 10.9 Å². The second-order valence-electron chi connectivity index (χ2n) is 12.3. The van der Waals surface area contributed by atoms with Crippen LogP contribution in [0.1, 0.15) is 66.1 Å². The minimum absolute atomic E-state index is 0.110. The Morgan fingerprint density at radius 1 is 1.24 bits per heavy atom. The molecule has 6 atom stereocenters. The van der Waals surface area contributed by atoms with Gasteiger partial charge >= 0.3 is 12.1 Å². The molecule has 0 spiro atoms. The number of para-hydroxylation sites is 1. The van der Waals surface area contributed by atoms with E-state index in [1.165, 1.54) is 0 Å². The van der Waals surface area contributed by atoms with Crippen LogP contribution < -0.4 is 5.32 Å². The number of alkyl carbamates (subject to hydrolysis) is 1. The monoisotopic (exact) mass is 522 g/mol. The SMILES string of the molecule is C=CC1C[N+]2(CC)CCC1CC2C(OC(=O)[C@H](NC(=O)OC(C)(C)C)C(C)C)c1ccnc2ccccc12. The number of aromatic nitrogens is 1. The van der Waals surface area contributed by atoms with E-state index in [1.807, 2.05) is 38.1 Å². The molecule has 2 bridgehead atoms. The molecule has 3 fully saturated rings. The van der Waals surface area contributed by atoms with Crippen molar-refractivity contribution in [3.05, 3.63) is 54.7 Å². The molecule has 1 aromatic heterocycles. The summed E-state index contributed by atoms with van der Waals surface area (Å²) in [4.78, 5) is 31.0. The number of benzene rings is 1. The summed E-state index contributed by atoms with van der Waals surface area (Å²) >= 11 is 0. The number of pyridine rings is 1. The lowest BCUT2D eigenvalue weighted by atomic mass is 9.71. The molecule has 5 rings (SSSR count). The van der Waals surface area contributed by atoms with Gasteiger partial charge in [0.25, 0.3) is 0 Å². The minimum atomic E-state index is -0.827. The number of quaternary nitrogens is 1. The van der Waals surface area contributed by atoms with Crippen molar-refractivity contribution in [1.29, 1.82) is 0 Å². The molecule has 4 heterocycles. The maximum absolute atomic E-state index is 13.8. The van der Waals surface area contributed by atoms with E-state index in [0.29, 0.717) is 11.8 Å². The molecule has 206 valence electrons. The molecule has 5 unspecified atom stereocenters. The first-order chi connectivity index (χ1) is 18.0. The number of nitrogens with zero attached hydrogens (tertiary/aromatic N) is 2. The van der Waals surface area contributed by atoms with E-state index in [9.17, 15) is 9.59 Å². The van der Waals surface area contributed by atoms with Crippen LogP contribution in [0.4, 0.5) is 4.79 Å². The van der Waals surface area contributed by atoms with Gasteiger partial charge in [0.2, 0.25) is 0 Å². The summed E-state index contributed by atoms with van der Waals surface area (Å²) in [6, 6.07) is 9.29. The van der Waals surface area contributed by atoms with Gasteiger partial charge in [-0.1, -0.05) is 38.1 Å².